The van der Waals surface area contributed by atoms with Gasteiger partial charge in [-0.25, -0.2) is 0 Å². The van der Waals surface area contributed by atoms with Crippen molar-refractivity contribution in [2.45, 2.75) is 45.2 Å². The van der Waals surface area contributed by atoms with Crippen molar-refractivity contribution in [2.75, 3.05) is 19.8 Å². The van der Waals surface area contributed by atoms with Crippen molar-refractivity contribution in [1.82, 2.24) is 4.90 Å². The number of carboxylic acid groups (broad SMARTS) is 1. The summed E-state index contributed by atoms with van der Waals surface area (Å²) in [4.78, 5) is 13.6. The first kappa shape index (κ1) is 12.8. The monoisotopic (exact) mass is 241 g/mol. The molecule has 0 aromatic rings. The number of rotatable bonds is 5. The lowest BCUT2D eigenvalue weighted by Gasteiger charge is -2.45. The Morgan fingerprint density at radius 3 is 2.65 bits per heavy atom. The molecule has 2 fully saturated rings. The second-order valence-electron chi connectivity index (χ2n) is 5.52. The maximum Gasteiger partial charge on any atom is 0.310 e. The van der Waals surface area contributed by atoms with E-state index in [1.165, 1.54) is 12.8 Å². The van der Waals surface area contributed by atoms with Gasteiger partial charge >= 0.3 is 5.97 Å². The lowest BCUT2D eigenvalue weighted by atomic mass is 9.79. The Morgan fingerprint density at radius 2 is 2.12 bits per heavy atom. The van der Waals surface area contributed by atoms with Crippen LogP contribution in [0.5, 0.6) is 0 Å². The average Bonchev–Trinajstić information content (AvgIpc) is 2.70. The molecule has 0 bridgehead atoms. The van der Waals surface area contributed by atoms with Gasteiger partial charge in [0.25, 0.3) is 0 Å². The standard InChI is InChI=1S/C13H23NO3/c1-3-4-14(10-5-9(2)6-10)12-8-17-7-11(12)13(15)16/h9-12H,3-8H2,1-2H3,(H,15,16). The van der Waals surface area contributed by atoms with E-state index in [-0.39, 0.29) is 12.0 Å². The van der Waals surface area contributed by atoms with E-state index in [1.807, 2.05) is 0 Å². The van der Waals surface area contributed by atoms with Gasteiger partial charge in [-0.1, -0.05) is 13.8 Å². The number of nitrogens with zero attached hydrogens (tertiary/aromatic N) is 1. The largest absolute Gasteiger partial charge is 0.481 e. The highest BCUT2D eigenvalue weighted by molar-refractivity contribution is 5.71. The molecule has 1 heterocycles. The van der Waals surface area contributed by atoms with Crippen molar-refractivity contribution in [3.63, 3.8) is 0 Å². The molecule has 2 atom stereocenters. The van der Waals surface area contributed by atoms with Gasteiger partial charge in [0.1, 0.15) is 0 Å². The van der Waals surface area contributed by atoms with E-state index in [9.17, 15) is 9.90 Å². The van der Waals surface area contributed by atoms with E-state index in [1.54, 1.807) is 0 Å². The van der Waals surface area contributed by atoms with Crippen LogP contribution in [0, 0.1) is 11.8 Å². The van der Waals surface area contributed by atoms with E-state index in [4.69, 9.17) is 4.74 Å². The van der Waals surface area contributed by atoms with Crippen LogP contribution in [0.3, 0.4) is 0 Å². The van der Waals surface area contributed by atoms with Gasteiger partial charge in [0.2, 0.25) is 0 Å². The topological polar surface area (TPSA) is 49.8 Å². The Bertz CT molecular complexity index is 276. The van der Waals surface area contributed by atoms with Crippen LogP contribution in [-0.2, 0) is 9.53 Å². The normalized spacial score (nSPS) is 37.1. The van der Waals surface area contributed by atoms with Crippen molar-refractivity contribution in [1.29, 1.82) is 0 Å². The highest BCUT2D eigenvalue weighted by atomic mass is 16.5. The predicted molar refractivity (Wildman–Crippen MR) is 64.9 cm³/mol. The molecule has 1 aliphatic heterocycles. The second-order valence-corrected chi connectivity index (χ2v) is 5.52. The van der Waals surface area contributed by atoms with Crippen molar-refractivity contribution >= 4 is 5.97 Å². The summed E-state index contributed by atoms with van der Waals surface area (Å²) in [6.07, 6.45) is 3.50. The van der Waals surface area contributed by atoms with E-state index in [2.05, 4.69) is 18.7 Å². The summed E-state index contributed by atoms with van der Waals surface area (Å²) >= 11 is 0. The minimum Gasteiger partial charge on any atom is -0.481 e. The first-order chi connectivity index (χ1) is 8.13. The van der Waals surface area contributed by atoms with Gasteiger partial charge in [0, 0.05) is 12.1 Å². The quantitative estimate of drug-likeness (QED) is 0.794. The molecule has 2 aliphatic rings. The van der Waals surface area contributed by atoms with E-state index in [0.717, 1.165) is 18.9 Å². The van der Waals surface area contributed by atoms with Crippen LogP contribution in [0.1, 0.15) is 33.1 Å². The molecule has 0 spiro atoms. The lowest BCUT2D eigenvalue weighted by Crippen LogP contribution is -2.53. The number of carboxylic acids is 1. The Hall–Kier alpha value is -0.610. The number of aliphatic carboxylic acids is 1. The average molecular weight is 241 g/mol. The highest BCUT2D eigenvalue weighted by Gasteiger charge is 2.42. The van der Waals surface area contributed by atoms with Crippen LogP contribution >= 0.6 is 0 Å². The van der Waals surface area contributed by atoms with E-state index >= 15 is 0 Å². The molecule has 0 amide bonds. The molecule has 98 valence electrons. The first-order valence-corrected chi connectivity index (χ1v) is 6.69. The number of hydrogen-bond acceptors (Lipinski definition) is 3. The van der Waals surface area contributed by atoms with Crippen LogP contribution in [0.25, 0.3) is 0 Å². The zero-order chi connectivity index (χ0) is 12.4. The van der Waals surface area contributed by atoms with Gasteiger partial charge in [0.15, 0.2) is 0 Å². The van der Waals surface area contributed by atoms with Gasteiger partial charge in [-0.3, -0.25) is 9.69 Å². The minimum atomic E-state index is -0.707. The van der Waals surface area contributed by atoms with Gasteiger partial charge in [-0.2, -0.15) is 0 Å². The summed E-state index contributed by atoms with van der Waals surface area (Å²) in [6.45, 7) is 6.38. The van der Waals surface area contributed by atoms with E-state index < -0.39 is 5.97 Å². The van der Waals surface area contributed by atoms with Crippen molar-refractivity contribution < 1.29 is 14.6 Å². The molecule has 0 radical (unpaired) electrons. The number of ether oxygens (including phenoxy) is 1. The fourth-order valence-electron chi connectivity index (χ4n) is 3.11. The molecule has 4 nitrogen and oxygen atoms in total. The number of hydrogen-bond donors (Lipinski definition) is 1. The van der Waals surface area contributed by atoms with Crippen LogP contribution < -0.4 is 0 Å². The fraction of sp³-hybridized carbons (Fsp3) is 0.923. The van der Waals surface area contributed by atoms with Gasteiger partial charge in [-0.05, 0) is 31.7 Å². The summed E-state index contributed by atoms with van der Waals surface area (Å²) in [5, 5.41) is 9.22. The molecule has 4 heteroatoms. The minimum absolute atomic E-state index is 0.0879. The third-order valence-electron chi connectivity index (χ3n) is 4.09. The molecule has 1 aliphatic carbocycles. The summed E-state index contributed by atoms with van der Waals surface area (Å²) in [5.74, 6) is -0.247. The van der Waals surface area contributed by atoms with Crippen LogP contribution in [-0.4, -0.2) is 47.8 Å². The van der Waals surface area contributed by atoms with Crippen LogP contribution in [0.15, 0.2) is 0 Å². The second kappa shape index (κ2) is 5.36. The van der Waals surface area contributed by atoms with Crippen molar-refractivity contribution in [3.05, 3.63) is 0 Å². The van der Waals surface area contributed by atoms with E-state index in [0.29, 0.717) is 19.3 Å². The smallest absolute Gasteiger partial charge is 0.310 e. The molecule has 2 unspecified atom stereocenters. The molecule has 0 aromatic carbocycles. The molecule has 2 rings (SSSR count). The Balaban J connectivity index is 2.01. The van der Waals surface area contributed by atoms with Crippen LogP contribution in [0.4, 0.5) is 0 Å². The third-order valence-corrected chi connectivity index (χ3v) is 4.09. The first-order valence-electron chi connectivity index (χ1n) is 6.69. The third kappa shape index (κ3) is 2.63. The van der Waals surface area contributed by atoms with Gasteiger partial charge in [0.05, 0.1) is 19.1 Å². The molecule has 1 saturated heterocycles. The van der Waals surface area contributed by atoms with Gasteiger partial charge in [-0.15, -0.1) is 0 Å². The number of carbonyl (C=O) groups is 1. The SMILES string of the molecule is CCCN(C1CC(C)C1)C1COCC1C(=O)O. The maximum atomic E-state index is 11.2. The Morgan fingerprint density at radius 1 is 1.41 bits per heavy atom. The Labute approximate surface area is 103 Å². The predicted octanol–water partition coefficient (Wildman–Crippen LogP) is 1.60. The molecule has 1 N–H and O–H groups in total. The van der Waals surface area contributed by atoms with Gasteiger partial charge < -0.3 is 9.84 Å². The summed E-state index contributed by atoms with van der Waals surface area (Å²) in [5.41, 5.74) is 0. The zero-order valence-electron chi connectivity index (χ0n) is 10.8. The lowest BCUT2D eigenvalue weighted by molar-refractivity contribution is -0.143. The maximum absolute atomic E-state index is 11.2. The highest BCUT2D eigenvalue weighted by Crippen LogP contribution is 2.35. The molecule has 17 heavy (non-hydrogen) atoms. The molecule has 0 aromatic heterocycles. The summed E-state index contributed by atoms with van der Waals surface area (Å²) in [6, 6.07) is 0.670. The molecular formula is C13H23NO3. The van der Waals surface area contributed by atoms with Crippen molar-refractivity contribution in [2.24, 2.45) is 11.8 Å². The van der Waals surface area contributed by atoms with Crippen LogP contribution in [0.2, 0.25) is 0 Å². The fourth-order valence-corrected chi connectivity index (χ4v) is 3.11. The summed E-state index contributed by atoms with van der Waals surface area (Å²) < 4.78 is 5.38. The zero-order valence-corrected chi connectivity index (χ0v) is 10.8. The summed E-state index contributed by atoms with van der Waals surface area (Å²) in [7, 11) is 0. The Kier molecular flexibility index (Phi) is 4.05. The van der Waals surface area contributed by atoms with Crippen molar-refractivity contribution in [3.8, 4) is 0 Å². The molecule has 1 saturated carbocycles. The molecular weight excluding hydrogens is 218 g/mol.